The minimum atomic E-state index is -0.450. The molecular formula is C47H50O6. The molecule has 2 N–H and O–H groups in total. The van der Waals surface area contributed by atoms with Gasteiger partial charge in [-0.3, -0.25) is 4.79 Å². The molecule has 2 aliphatic carbocycles. The quantitative estimate of drug-likeness (QED) is 0.133. The van der Waals surface area contributed by atoms with Gasteiger partial charge in [0, 0.05) is 18.4 Å². The number of benzene rings is 4. The number of hydrogen-bond acceptors (Lipinski definition) is 6. The van der Waals surface area contributed by atoms with Gasteiger partial charge in [-0.05, 0) is 138 Å². The van der Waals surface area contributed by atoms with E-state index in [-0.39, 0.29) is 41.5 Å². The highest BCUT2D eigenvalue weighted by Gasteiger charge is 2.29. The molecule has 4 atom stereocenters. The number of aromatic hydroxyl groups is 1. The van der Waals surface area contributed by atoms with E-state index in [1.807, 2.05) is 36.4 Å². The summed E-state index contributed by atoms with van der Waals surface area (Å²) in [6, 6.07) is 22.7. The topological polar surface area (TPSA) is 85.2 Å². The summed E-state index contributed by atoms with van der Waals surface area (Å²) in [6.07, 6.45) is 16.7. The molecule has 8 bridgehead atoms. The number of aliphatic hydroxyl groups is 1. The summed E-state index contributed by atoms with van der Waals surface area (Å²) in [7, 11) is 1.64. The molecule has 4 unspecified atom stereocenters. The van der Waals surface area contributed by atoms with E-state index in [1.165, 1.54) is 11.1 Å². The molecule has 9 rings (SSSR count). The first-order valence-corrected chi connectivity index (χ1v) is 19.3. The van der Waals surface area contributed by atoms with Gasteiger partial charge in [0.25, 0.3) is 0 Å². The highest BCUT2D eigenvalue weighted by molar-refractivity contribution is 5.95. The fourth-order valence-corrected chi connectivity index (χ4v) is 8.43. The third-order valence-corrected chi connectivity index (χ3v) is 11.2. The zero-order valence-electron chi connectivity index (χ0n) is 30.9. The zero-order valence-corrected chi connectivity index (χ0v) is 30.9. The number of aryl methyl sites for hydroxylation is 4. The summed E-state index contributed by atoms with van der Waals surface area (Å²) in [5.74, 6) is 5.31. The van der Waals surface area contributed by atoms with Crippen LogP contribution in [0.4, 0.5) is 0 Å². The van der Waals surface area contributed by atoms with E-state index in [4.69, 9.17) is 14.2 Å². The van der Waals surface area contributed by atoms with Gasteiger partial charge in [0.05, 0.1) is 13.0 Å². The van der Waals surface area contributed by atoms with Crippen LogP contribution in [-0.4, -0.2) is 29.2 Å². The minimum Gasteiger partial charge on any atom is -0.508 e. The van der Waals surface area contributed by atoms with Crippen LogP contribution in [-0.2, 0) is 41.8 Å². The Morgan fingerprint density at radius 3 is 2.64 bits per heavy atom. The number of carbonyl (C=O) groups excluding carboxylic acids is 1. The normalized spacial score (nSPS) is 21.2. The second-order valence-corrected chi connectivity index (χ2v) is 14.8. The van der Waals surface area contributed by atoms with Crippen molar-refractivity contribution in [3.05, 3.63) is 124 Å². The van der Waals surface area contributed by atoms with E-state index in [0.29, 0.717) is 37.4 Å². The van der Waals surface area contributed by atoms with Crippen molar-refractivity contribution < 1.29 is 29.2 Å². The maximum absolute atomic E-state index is 13.6. The van der Waals surface area contributed by atoms with Crippen LogP contribution >= 0.6 is 0 Å². The fourth-order valence-electron chi connectivity index (χ4n) is 8.43. The predicted molar refractivity (Wildman–Crippen MR) is 209 cm³/mol. The van der Waals surface area contributed by atoms with Crippen LogP contribution in [0.3, 0.4) is 0 Å². The lowest BCUT2D eigenvalue weighted by Crippen LogP contribution is -2.24. The first kappa shape index (κ1) is 36.2. The van der Waals surface area contributed by atoms with Gasteiger partial charge >= 0.3 is 0 Å². The van der Waals surface area contributed by atoms with E-state index >= 15 is 0 Å². The predicted octanol–water partition coefficient (Wildman–Crippen LogP) is 10.0. The summed E-state index contributed by atoms with van der Waals surface area (Å²) in [5.41, 5.74) is 6.53. The zero-order chi connectivity index (χ0) is 36.7. The summed E-state index contributed by atoms with van der Waals surface area (Å²) >= 11 is 0. The maximum Gasteiger partial charge on any atom is 0.161 e. The average molecular weight is 711 g/mol. The second-order valence-electron chi connectivity index (χ2n) is 14.8. The van der Waals surface area contributed by atoms with Crippen molar-refractivity contribution in [2.75, 3.05) is 7.11 Å². The molecule has 0 saturated heterocycles. The Labute approximate surface area is 313 Å². The molecule has 0 radical (unpaired) electrons. The Hall–Kier alpha value is -5.15. The lowest BCUT2D eigenvalue weighted by Gasteiger charge is -2.28. The monoisotopic (exact) mass is 710 g/mol. The van der Waals surface area contributed by atoms with Crippen LogP contribution in [0.15, 0.2) is 90.7 Å². The van der Waals surface area contributed by atoms with Crippen LogP contribution in [0.2, 0.25) is 0 Å². The smallest absolute Gasteiger partial charge is 0.161 e. The second kappa shape index (κ2) is 16.7. The van der Waals surface area contributed by atoms with E-state index in [1.54, 1.807) is 13.2 Å². The van der Waals surface area contributed by atoms with Crippen LogP contribution in [0.5, 0.6) is 17.2 Å². The van der Waals surface area contributed by atoms with E-state index in [9.17, 15) is 15.0 Å². The van der Waals surface area contributed by atoms with E-state index < -0.39 is 6.10 Å². The molecule has 4 aromatic rings. The third-order valence-electron chi connectivity index (χ3n) is 11.2. The highest BCUT2D eigenvalue weighted by atomic mass is 16.5. The van der Waals surface area contributed by atoms with Crippen molar-refractivity contribution in [2.45, 2.75) is 96.2 Å². The molecule has 6 heteroatoms. The van der Waals surface area contributed by atoms with Crippen molar-refractivity contribution in [3.8, 4) is 29.3 Å². The first-order valence-electron chi connectivity index (χ1n) is 19.3. The molecule has 274 valence electrons. The molecule has 0 fully saturated rings. The molecule has 3 heterocycles. The first-order chi connectivity index (χ1) is 25.9. The molecule has 5 aliphatic rings. The standard InChI is InChI=1S/C47H50O6/c1-3-34-28-43(50)47-36-15-16-37-23-33(24-42(34)46(37)47)30-53-45-25-32(14-20-44(45)51-2)13-18-40(49)29-41(52-22-21-36)27-38-26-39(48)19-17-35(38)12-8-7-11-31-9-5-4-6-10-31/h4-6,9-10,14,17,19-20,23-26,28,35-36,38,41,48,50H,3,7-8,11-13,15-16,18,27,29-30H2,1-2H3. The molecule has 0 saturated carbocycles. The Morgan fingerprint density at radius 1 is 0.943 bits per heavy atom. The summed E-state index contributed by atoms with van der Waals surface area (Å²) in [4.78, 5) is 13.6. The number of fused-ring (bicyclic) bond motifs is 1. The van der Waals surface area contributed by atoms with Gasteiger partial charge in [0.15, 0.2) is 11.5 Å². The lowest BCUT2D eigenvalue weighted by atomic mass is 9.79. The number of Topliss-reactive ketones (excluding diaryl/α,β-unsaturated/α-hetero) is 1. The molecule has 53 heavy (non-hydrogen) atoms. The average Bonchev–Trinajstić information content (AvgIpc) is 3.17. The maximum atomic E-state index is 13.6. The van der Waals surface area contributed by atoms with Gasteiger partial charge in [-0.1, -0.05) is 67.8 Å². The summed E-state index contributed by atoms with van der Waals surface area (Å²) < 4.78 is 18.4. The fraction of sp³-hybridized carbons (Fsp3) is 0.383. The van der Waals surface area contributed by atoms with Crippen LogP contribution in [0, 0.1) is 23.9 Å². The number of methoxy groups -OCH3 is 1. The van der Waals surface area contributed by atoms with E-state index in [0.717, 1.165) is 78.0 Å². The number of phenolic OH excluding ortho intramolecular Hbond substituents is 1. The highest BCUT2D eigenvalue weighted by Crippen LogP contribution is 2.44. The summed E-state index contributed by atoms with van der Waals surface area (Å²) in [6.45, 7) is 2.48. The number of allylic oxidation sites excluding steroid dienone is 3. The molecule has 3 aliphatic heterocycles. The Bertz CT molecular complexity index is 2070. The van der Waals surface area contributed by atoms with Gasteiger partial charge in [-0.25, -0.2) is 0 Å². The van der Waals surface area contributed by atoms with Crippen LogP contribution in [0.1, 0.15) is 91.2 Å². The SMILES string of the molecule is CCc1cc(O)c2c3c4cc(cc13)COc1cc(ccc1OC)CCC(=O)CC(CC1C=C(O)C=CC1CCCCc1ccccc1)OC#CC2CC4. The minimum absolute atomic E-state index is 0.0141. The van der Waals surface area contributed by atoms with E-state index in [2.05, 4.69) is 61.4 Å². The molecule has 0 aromatic heterocycles. The van der Waals surface area contributed by atoms with Crippen molar-refractivity contribution in [1.29, 1.82) is 0 Å². The largest absolute Gasteiger partial charge is 0.508 e. The number of unbranched alkanes of at least 4 members (excludes halogenated alkanes) is 1. The van der Waals surface area contributed by atoms with Gasteiger partial charge in [0.1, 0.15) is 36.1 Å². The number of aliphatic hydroxyl groups excluding tert-OH is 1. The molecule has 0 amide bonds. The molecular weight excluding hydrogens is 661 g/mol. The number of phenols is 1. The number of hydrogen-bond donors (Lipinski definition) is 2. The number of ketones is 1. The van der Waals surface area contributed by atoms with Crippen molar-refractivity contribution in [1.82, 2.24) is 0 Å². The summed E-state index contributed by atoms with van der Waals surface area (Å²) in [5, 5.41) is 24.2. The van der Waals surface area contributed by atoms with Gasteiger partial charge < -0.3 is 24.4 Å². The number of ether oxygens (including phenoxy) is 3. The van der Waals surface area contributed by atoms with Crippen molar-refractivity contribution in [3.63, 3.8) is 0 Å². The van der Waals surface area contributed by atoms with Crippen molar-refractivity contribution in [2.24, 2.45) is 11.8 Å². The molecule has 4 aromatic carbocycles. The number of carbonyl (C=O) groups is 1. The van der Waals surface area contributed by atoms with Crippen molar-refractivity contribution >= 4 is 16.6 Å². The Balaban J connectivity index is 1.18. The lowest BCUT2D eigenvalue weighted by molar-refractivity contribution is -0.121. The van der Waals surface area contributed by atoms with Gasteiger partial charge in [-0.2, -0.15) is 0 Å². The Kier molecular flexibility index (Phi) is 11.4. The van der Waals surface area contributed by atoms with Crippen LogP contribution < -0.4 is 9.47 Å². The number of rotatable bonds is 9. The Morgan fingerprint density at radius 2 is 1.81 bits per heavy atom. The molecule has 0 spiro atoms. The molecule has 6 nitrogen and oxygen atoms in total. The van der Waals surface area contributed by atoms with Gasteiger partial charge in [0.2, 0.25) is 0 Å². The van der Waals surface area contributed by atoms with Crippen LogP contribution in [0.25, 0.3) is 10.8 Å². The van der Waals surface area contributed by atoms with Gasteiger partial charge in [-0.15, -0.1) is 0 Å². The third kappa shape index (κ3) is 8.57.